The van der Waals surface area contributed by atoms with Crippen molar-refractivity contribution in [2.75, 3.05) is 6.79 Å². The maximum absolute atomic E-state index is 12.4. The first-order valence-electron chi connectivity index (χ1n) is 9.59. The van der Waals surface area contributed by atoms with Crippen LogP contribution in [0.3, 0.4) is 0 Å². The molecule has 0 radical (unpaired) electrons. The van der Waals surface area contributed by atoms with Crippen molar-refractivity contribution in [1.82, 2.24) is 5.32 Å². The summed E-state index contributed by atoms with van der Waals surface area (Å²) in [6, 6.07) is 7.44. The highest BCUT2D eigenvalue weighted by molar-refractivity contribution is 7.14. The SMILES string of the molecule is CC(OC(=O)c1cc2c(s1)CCCCC2)C(=O)NCc1ccc2c(c1)OCO2. The number of ether oxygens (including phenoxy) is 3. The summed E-state index contributed by atoms with van der Waals surface area (Å²) in [5.74, 6) is 0.614. The average molecular weight is 401 g/mol. The van der Waals surface area contributed by atoms with Gasteiger partial charge in [0.2, 0.25) is 6.79 Å². The van der Waals surface area contributed by atoms with Gasteiger partial charge in [0, 0.05) is 11.4 Å². The molecular weight excluding hydrogens is 378 g/mol. The normalized spacial score (nSPS) is 16.0. The highest BCUT2D eigenvalue weighted by atomic mass is 32.1. The summed E-state index contributed by atoms with van der Waals surface area (Å²) in [6.45, 7) is 2.13. The summed E-state index contributed by atoms with van der Waals surface area (Å²) in [5, 5.41) is 2.79. The Labute approximate surface area is 167 Å². The van der Waals surface area contributed by atoms with Gasteiger partial charge in [-0.25, -0.2) is 4.79 Å². The molecule has 1 amide bonds. The van der Waals surface area contributed by atoms with E-state index >= 15 is 0 Å². The van der Waals surface area contributed by atoms with Crippen LogP contribution < -0.4 is 14.8 Å². The minimum absolute atomic E-state index is 0.213. The predicted molar refractivity (Wildman–Crippen MR) is 105 cm³/mol. The van der Waals surface area contributed by atoms with E-state index < -0.39 is 12.1 Å². The Bertz CT molecular complexity index is 867. The van der Waals surface area contributed by atoms with E-state index in [-0.39, 0.29) is 12.7 Å². The van der Waals surface area contributed by atoms with Gasteiger partial charge in [-0.3, -0.25) is 4.79 Å². The Morgan fingerprint density at radius 3 is 2.86 bits per heavy atom. The zero-order chi connectivity index (χ0) is 19.5. The summed E-state index contributed by atoms with van der Waals surface area (Å²) in [5.41, 5.74) is 2.15. The summed E-state index contributed by atoms with van der Waals surface area (Å²) in [7, 11) is 0. The van der Waals surface area contributed by atoms with Gasteiger partial charge in [0.25, 0.3) is 5.91 Å². The Balaban J connectivity index is 1.31. The van der Waals surface area contributed by atoms with E-state index in [0.717, 1.165) is 24.8 Å². The van der Waals surface area contributed by atoms with Gasteiger partial charge < -0.3 is 19.5 Å². The molecule has 7 heteroatoms. The molecule has 1 atom stereocenters. The van der Waals surface area contributed by atoms with Gasteiger partial charge in [0.05, 0.1) is 0 Å². The first kappa shape index (κ1) is 18.8. The molecule has 1 aliphatic heterocycles. The summed E-state index contributed by atoms with van der Waals surface area (Å²) < 4.78 is 16.0. The molecule has 4 rings (SSSR count). The van der Waals surface area contributed by atoms with E-state index in [1.165, 1.54) is 34.6 Å². The molecule has 0 bridgehead atoms. The van der Waals surface area contributed by atoms with Crippen LogP contribution in [0.4, 0.5) is 0 Å². The maximum atomic E-state index is 12.4. The van der Waals surface area contributed by atoms with Gasteiger partial charge in [-0.05, 0) is 61.9 Å². The number of carbonyl (C=O) groups is 2. The van der Waals surface area contributed by atoms with Crippen molar-refractivity contribution < 1.29 is 23.8 Å². The lowest BCUT2D eigenvalue weighted by atomic mass is 10.1. The van der Waals surface area contributed by atoms with Crippen LogP contribution in [-0.4, -0.2) is 24.8 Å². The topological polar surface area (TPSA) is 73.9 Å². The molecule has 2 aromatic rings. The van der Waals surface area contributed by atoms with Gasteiger partial charge in [-0.1, -0.05) is 12.5 Å². The Morgan fingerprint density at radius 1 is 1.14 bits per heavy atom. The van der Waals surface area contributed by atoms with Gasteiger partial charge in [0.15, 0.2) is 17.6 Å². The number of aryl methyl sites for hydroxylation is 2. The second-order valence-corrected chi connectivity index (χ2v) is 8.21. The number of carbonyl (C=O) groups excluding carboxylic acids is 2. The summed E-state index contributed by atoms with van der Waals surface area (Å²) >= 11 is 1.50. The van der Waals surface area contributed by atoms with Crippen molar-refractivity contribution >= 4 is 23.2 Å². The van der Waals surface area contributed by atoms with Crippen LogP contribution in [0, 0.1) is 0 Å². The van der Waals surface area contributed by atoms with E-state index in [2.05, 4.69) is 5.32 Å². The van der Waals surface area contributed by atoms with Gasteiger partial charge in [0.1, 0.15) is 4.88 Å². The number of hydrogen-bond acceptors (Lipinski definition) is 6. The van der Waals surface area contributed by atoms with E-state index in [4.69, 9.17) is 14.2 Å². The average Bonchev–Trinajstić information content (AvgIpc) is 3.27. The number of thiophene rings is 1. The number of rotatable bonds is 5. The standard InChI is InChI=1S/C21H23NO5S/c1-13(20(23)22-11-14-7-8-16-17(9-14)26-12-25-16)27-21(24)19-10-15-5-3-2-4-6-18(15)28-19/h7-10,13H,2-6,11-12H2,1H3,(H,22,23). The van der Waals surface area contributed by atoms with E-state index in [0.29, 0.717) is 22.9 Å². The van der Waals surface area contributed by atoms with Crippen molar-refractivity contribution in [3.05, 3.63) is 45.1 Å². The quantitative estimate of drug-likeness (QED) is 0.612. The van der Waals surface area contributed by atoms with Gasteiger partial charge in [-0.2, -0.15) is 0 Å². The van der Waals surface area contributed by atoms with E-state index in [1.54, 1.807) is 6.92 Å². The molecule has 1 aromatic carbocycles. The Kier molecular flexibility index (Phi) is 5.52. The minimum Gasteiger partial charge on any atom is -0.454 e. The smallest absolute Gasteiger partial charge is 0.349 e. The fourth-order valence-corrected chi connectivity index (χ4v) is 4.56. The number of benzene rings is 1. The third kappa shape index (κ3) is 4.14. The molecule has 6 nitrogen and oxygen atoms in total. The van der Waals surface area contributed by atoms with Crippen molar-refractivity contribution in [1.29, 1.82) is 0 Å². The van der Waals surface area contributed by atoms with Crippen LogP contribution in [0.5, 0.6) is 11.5 Å². The number of esters is 1. The Hall–Kier alpha value is -2.54. The van der Waals surface area contributed by atoms with Crippen molar-refractivity contribution in [2.24, 2.45) is 0 Å². The number of hydrogen-bond donors (Lipinski definition) is 1. The molecule has 2 heterocycles. The van der Waals surface area contributed by atoms with Crippen molar-refractivity contribution in [2.45, 2.75) is 51.7 Å². The van der Waals surface area contributed by atoms with Crippen LogP contribution in [0.1, 0.15) is 51.9 Å². The zero-order valence-electron chi connectivity index (χ0n) is 15.8. The Morgan fingerprint density at radius 2 is 1.96 bits per heavy atom. The first-order valence-corrected chi connectivity index (χ1v) is 10.4. The molecule has 0 fully saturated rings. The third-order valence-corrected chi connectivity index (χ3v) is 6.22. The van der Waals surface area contributed by atoms with Crippen molar-refractivity contribution in [3.63, 3.8) is 0 Å². The molecule has 0 saturated heterocycles. The second kappa shape index (κ2) is 8.22. The maximum Gasteiger partial charge on any atom is 0.349 e. The van der Waals surface area contributed by atoms with Crippen LogP contribution in [0.2, 0.25) is 0 Å². The zero-order valence-corrected chi connectivity index (χ0v) is 16.6. The molecule has 1 aliphatic carbocycles. The number of fused-ring (bicyclic) bond motifs is 2. The van der Waals surface area contributed by atoms with E-state index in [9.17, 15) is 9.59 Å². The molecule has 1 N–H and O–H groups in total. The largest absolute Gasteiger partial charge is 0.454 e. The lowest BCUT2D eigenvalue weighted by Gasteiger charge is -2.13. The number of amides is 1. The molecule has 1 unspecified atom stereocenters. The van der Waals surface area contributed by atoms with Crippen LogP contribution in [0.25, 0.3) is 0 Å². The summed E-state index contributed by atoms with van der Waals surface area (Å²) in [4.78, 5) is 26.6. The van der Waals surface area contributed by atoms with Crippen LogP contribution >= 0.6 is 11.3 Å². The van der Waals surface area contributed by atoms with Crippen LogP contribution in [0.15, 0.2) is 24.3 Å². The van der Waals surface area contributed by atoms with Crippen LogP contribution in [-0.2, 0) is 28.9 Å². The highest BCUT2D eigenvalue weighted by Gasteiger charge is 2.22. The summed E-state index contributed by atoms with van der Waals surface area (Å²) in [6.07, 6.45) is 4.76. The monoisotopic (exact) mass is 401 g/mol. The molecular formula is C21H23NO5S. The molecule has 1 aromatic heterocycles. The first-order chi connectivity index (χ1) is 13.6. The lowest BCUT2D eigenvalue weighted by Crippen LogP contribution is -2.35. The molecule has 0 saturated carbocycles. The molecule has 148 valence electrons. The highest BCUT2D eigenvalue weighted by Crippen LogP contribution is 2.32. The fraction of sp³-hybridized carbons (Fsp3) is 0.429. The lowest BCUT2D eigenvalue weighted by molar-refractivity contribution is -0.129. The fourth-order valence-electron chi connectivity index (χ4n) is 3.42. The second-order valence-electron chi connectivity index (χ2n) is 7.07. The predicted octanol–water partition coefficient (Wildman–Crippen LogP) is 3.61. The molecule has 2 aliphatic rings. The van der Waals surface area contributed by atoms with Gasteiger partial charge >= 0.3 is 5.97 Å². The number of nitrogens with one attached hydrogen (secondary N) is 1. The van der Waals surface area contributed by atoms with E-state index in [1.807, 2.05) is 24.3 Å². The minimum atomic E-state index is -0.858. The van der Waals surface area contributed by atoms with Gasteiger partial charge in [-0.15, -0.1) is 11.3 Å². The molecule has 28 heavy (non-hydrogen) atoms. The molecule has 0 spiro atoms. The third-order valence-electron chi connectivity index (χ3n) is 5.00. The van der Waals surface area contributed by atoms with Crippen molar-refractivity contribution in [3.8, 4) is 11.5 Å².